The molecule has 0 amide bonds. The van der Waals surface area contributed by atoms with Crippen LogP contribution in [0.1, 0.15) is 18.6 Å². The first kappa shape index (κ1) is 11.7. The maximum atomic E-state index is 13.1. The molecule has 0 radical (unpaired) electrons. The third-order valence-electron chi connectivity index (χ3n) is 2.14. The number of halogens is 1. The Morgan fingerprint density at radius 2 is 2.07 bits per heavy atom. The first-order chi connectivity index (χ1) is 6.99. The number of phenolic OH excluding ortho intramolecular Hbond substituents is 1. The van der Waals surface area contributed by atoms with Gasteiger partial charge in [0.25, 0.3) is 0 Å². The quantitative estimate of drug-likeness (QED) is 0.700. The van der Waals surface area contributed by atoms with Crippen molar-refractivity contribution in [3.8, 4) is 11.5 Å². The van der Waals surface area contributed by atoms with Crippen molar-refractivity contribution in [1.29, 1.82) is 0 Å². The summed E-state index contributed by atoms with van der Waals surface area (Å²) >= 11 is 0. The number of nitrogens with two attached hydrogens (primary N) is 1. The molecule has 0 aromatic heterocycles. The Kier molecular flexibility index (Phi) is 3.49. The third kappa shape index (κ3) is 2.19. The van der Waals surface area contributed by atoms with Gasteiger partial charge in [-0.05, 0) is 19.1 Å². The Balaban J connectivity index is 3.21. The molecule has 1 rings (SSSR count). The predicted octanol–water partition coefficient (Wildman–Crippen LogP) is 0.920. The number of hydrogen-bond acceptors (Lipinski definition) is 4. The number of hydrogen-bond donors (Lipinski definition) is 3. The summed E-state index contributed by atoms with van der Waals surface area (Å²) < 4.78 is 17.8. The molecule has 1 aromatic rings. The van der Waals surface area contributed by atoms with Crippen LogP contribution in [0.3, 0.4) is 0 Å². The average molecular weight is 215 g/mol. The molecular formula is C10H14FNO3. The van der Waals surface area contributed by atoms with Gasteiger partial charge in [0.15, 0.2) is 17.3 Å². The SMILES string of the molecule is COc1c(F)ccc(C(O)C(C)N)c1O. The second-order valence-electron chi connectivity index (χ2n) is 3.32. The van der Waals surface area contributed by atoms with Crippen LogP contribution in [-0.4, -0.2) is 23.4 Å². The molecule has 15 heavy (non-hydrogen) atoms. The predicted molar refractivity (Wildman–Crippen MR) is 53.2 cm³/mol. The summed E-state index contributed by atoms with van der Waals surface area (Å²) in [5, 5.41) is 19.2. The fourth-order valence-electron chi connectivity index (χ4n) is 1.28. The molecule has 0 aliphatic rings. The number of ether oxygens (including phenoxy) is 1. The Morgan fingerprint density at radius 1 is 1.47 bits per heavy atom. The molecule has 0 heterocycles. The van der Waals surface area contributed by atoms with Crippen molar-refractivity contribution >= 4 is 0 Å². The van der Waals surface area contributed by atoms with Crippen LogP contribution in [0.4, 0.5) is 4.39 Å². The highest BCUT2D eigenvalue weighted by atomic mass is 19.1. The van der Waals surface area contributed by atoms with Crippen molar-refractivity contribution in [3.05, 3.63) is 23.5 Å². The van der Waals surface area contributed by atoms with E-state index in [4.69, 9.17) is 5.73 Å². The van der Waals surface area contributed by atoms with Gasteiger partial charge in [-0.1, -0.05) is 0 Å². The van der Waals surface area contributed by atoms with E-state index >= 15 is 0 Å². The van der Waals surface area contributed by atoms with Crippen molar-refractivity contribution in [2.45, 2.75) is 19.1 Å². The van der Waals surface area contributed by atoms with Gasteiger partial charge in [-0.15, -0.1) is 0 Å². The normalized spacial score (nSPS) is 14.7. The van der Waals surface area contributed by atoms with Gasteiger partial charge < -0.3 is 20.7 Å². The molecule has 5 heteroatoms. The number of methoxy groups -OCH3 is 1. The van der Waals surface area contributed by atoms with E-state index in [-0.39, 0.29) is 11.3 Å². The van der Waals surface area contributed by atoms with E-state index in [2.05, 4.69) is 4.74 Å². The van der Waals surface area contributed by atoms with E-state index < -0.39 is 23.7 Å². The van der Waals surface area contributed by atoms with Gasteiger partial charge in [0.1, 0.15) is 0 Å². The van der Waals surface area contributed by atoms with Gasteiger partial charge in [0.2, 0.25) is 0 Å². The van der Waals surface area contributed by atoms with Crippen molar-refractivity contribution in [2.24, 2.45) is 5.73 Å². The summed E-state index contributed by atoms with van der Waals surface area (Å²) in [6, 6.07) is 1.83. The molecule has 0 aliphatic heterocycles. The lowest BCUT2D eigenvalue weighted by molar-refractivity contribution is 0.149. The Labute approximate surface area is 87.1 Å². The standard InChI is InChI=1S/C10H14FNO3/c1-5(12)8(13)6-3-4-7(11)10(15-2)9(6)14/h3-5,8,13-14H,12H2,1-2H3. The summed E-state index contributed by atoms with van der Waals surface area (Å²) in [5.41, 5.74) is 5.63. The van der Waals surface area contributed by atoms with Crippen LogP contribution in [0, 0.1) is 5.82 Å². The van der Waals surface area contributed by atoms with Crippen LogP contribution >= 0.6 is 0 Å². The number of phenols is 1. The van der Waals surface area contributed by atoms with Crippen molar-refractivity contribution in [1.82, 2.24) is 0 Å². The number of aromatic hydroxyl groups is 1. The molecule has 0 saturated carbocycles. The molecule has 2 atom stereocenters. The lowest BCUT2D eigenvalue weighted by Crippen LogP contribution is -2.24. The maximum absolute atomic E-state index is 13.1. The largest absolute Gasteiger partial charge is 0.504 e. The molecule has 0 bridgehead atoms. The van der Waals surface area contributed by atoms with Crippen molar-refractivity contribution in [3.63, 3.8) is 0 Å². The maximum Gasteiger partial charge on any atom is 0.196 e. The van der Waals surface area contributed by atoms with E-state index in [1.165, 1.54) is 13.2 Å². The van der Waals surface area contributed by atoms with E-state index in [9.17, 15) is 14.6 Å². The smallest absolute Gasteiger partial charge is 0.196 e. The van der Waals surface area contributed by atoms with Crippen LogP contribution in [0.15, 0.2) is 12.1 Å². The molecule has 0 fully saturated rings. The molecular weight excluding hydrogens is 201 g/mol. The lowest BCUT2D eigenvalue weighted by atomic mass is 10.0. The summed E-state index contributed by atoms with van der Waals surface area (Å²) in [6.45, 7) is 1.58. The van der Waals surface area contributed by atoms with Crippen molar-refractivity contribution < 1.29 is 19.3 Å². The van der Waals surface area contributed by atoms with Crippen LogP contribution < -0.4 is 10.5 Å². The molecule has 1 aromatic carbocycles. The zero-order valence-electron chi connectivity index (χ0n) is 8.57. The van der Waals surface area contributed by atoms with E-state index in [1.54, 1.807) is 6.92 Å². The second-order valence-corrected chi connectivity index (χ2v) is 3.32. The minimum atomic E-state index is -1.06. The van der Waals surface area contributed by atoms with Gasteiger partial charge in [-0.25, -0.2) is 4.39 Å². The van der Waals surface area contributed by atoms with Gasteiger partial charge in [-0.3, -0.25) is 0 Å². The van der Waals surface area contributed by atoms with Crippen LogP contribution in [0.5, 0.6) is 11.5 Å². The van der Waals surface area contributed by atoms with Crippen molar-refractivity contribution in [2.75, 3.05) is 7.11 Å². The molecule has 0 saturated heterocycles. The zero-order chi connectivity index (χ0) is 11.6. The van der Waals surface area contributed by atoms with Gasteiger partial charge in [-0.2, -0.15) is 0 Å². The highest BCUT2D eigenvalue weighted by molar-refractivity contribution is 5.47. The van der Waals surface area contributed by atoms with E-state index in [1.807, 2.05) is 0 Å². The lowest BCUT2D eigenvalue weighted by Gasteiger charge is -2.17. The van der Waals surface area contributed by atoms with Crippen LogP contribution in [0.2, 0.25) is 0 Å². The molecule has 84 valence electrons. The monoisotopic (exact) mass is 215 g/mol. The zero-order valence-corrected chi connectivity index (χ0v) is 8.57. The number of aliphatic hydroxyl groups excluding tert-OH is 1. The fourth-order valence-corrected chi connectivity index (χ4v) is 1.28. The summed E-state index contributed by atoms with van der Waals surface area (Å²) in [7, 11) is 1.24. The Bertz CT molecular complexity index is 355. The van der Waals surface area contributed by atoms with E-state index in [0.717, 1.165) is 6.07 Å². The van der Waals surface area contributed by atoms with Gasteiger partial charge in [0, 0.05) is 11.6 Å². The molecule has 4 N–H and O–H groups in total. The second kappa shape index (κ2) is 4.46. The van der Waals surface area contributed by atoms with Gasteiger partial charge in [0.05, 0.1) is 13.2 Å². The summed E-state index contributed by atoms with van der Waals surface area (Å²) in [5.74, 6) is -1.38. The topological polar surface area (TPSA) is 75.7 Å². The molecule has 2 unspecified atom stereocenters. The Morgan fingerprint density at radius 3 is 2.53 bits per heavy atom. The van der Waals surface area contributed by atoms with Gasteiger partial charge >= 0.3 is 0 Å². The number of rotatable bonds is 3. The number of aliphatic hydroxyl groups is 1. The Hall–Kier alpha value is -1.33. The molecule has 0 spiro atoms. The van der Waals surface area contributed by atoms with Crippen LogP contribution in [0.25, 0.3) is 0 Å². The molecule has 0 aliphatic carbocycles. The molecule has 4 nitrogen and oxygen atoms in total. The summed E-state index contributed by atoms with van der Waals surface area (Å²) in [4.78, 5) is 0. The highest BCUT2D eigenvalue weighted by Crippen LogP contribution is 2.36. The first-order valence-electron chi connectivity index (χ1n) is 4.48. The summed E-state index contributed by atoms with van der Waals surface area (Å²) in [6.07, 6.45) is -1.06. The van der Waals surface area contributed by atoms with Crippen LogP contribution in [-0.2, 0) is 0 Å². The average Bonchev–Trinajstić information content (AvgIpc) is 2.17. The minimum absolute atomic E-state index is 0.156. The van der Waals surface area contributed by atoms with E-state index in [0.29, 0.717) is 0 Å². The first-order valence-corrected chi connectivity index (χ1v) is 4.48. The fraction of sp³-hybridized carbons (Fsp3) is 0.400. The third-order valence-corrected chi connectivity index (χ3v) is 2.14. The number of benzene rings is 1. The highest BCUT2D eigenvalue weighted by Gasteiger charge is 2.21. The minimum Gasteiger partial charge on any atom is -0.504 e.